The molecule has 2 saturated heterocycles. The van der Waals surface area contributed by atoms with Crippen molar-refractivity contribution < 1.29 is 9.53 Å². The third-order valence-corrected chi connectivity index (χ3v) is 4.55. The van der Waals surface area contributed by atoms with Crippen molar-refractivity contribution in [2.75, 3.05) is 39.4 Å². The van der Waals surface area contributed by atoms with Gasteiger partial charge in [0.25, 0.3) is 0 Å². The smallest absolute Gasteiger partial charge is 0.239 e. The summed E-state index contributed by atoms with van der Waals surface area (Å²) in [5.74, 6) is 0.865. The quantitative estimate of drug-likeness (QED) is 0.800. The van der Waals surface area contributed by atoms with Gasteiger partial charge in [0.2, 0.25) is 5.91 Å². The van der Waals surface area contributed by atoms with Crippen molar-refractivity contribution in [1.29, 1.82) is 0 Å². The number of amides is 1. The highest BCUT2D eigenvalue weighted by atomic mass is 16.5. The number of piperidine rings is 1. The summed E-state index contributed by atoms with van der Waals surface area (Å²) in [6.45, 7) is 8.91. The molecule has 2 rings (SSSR count). The first kappa shape index (κ1) is 14.8. The molecule has 5 heteroatoms. The molecule has 2 heterocycles. The molecule has 2 N–H and O–H groups in total. The van der Waals surface area contributed by atoms with E-state index in [1.807, 2.05) is 11.8 Å². The van der Waals surface area contributed by atoms with Gasteiger partial charge in [0, 0.05) is 19.1 Å². The Labute approximate surface area is 116 Å². The minimum absolute atomic E-state index is 0.00729. The van der Waals surface area contributed by atoms with Crippen molar-refractivity contribution in [3.05, 3.63) is 0 Å². The van der Waals surface area contributed by atoms with Crippen LogP contribution in [0, 0.1) is 5.92 Å². The molecule has 2 aliphatic heterocycles. The van der Waals surface area contributed by atoms with Gasteiger partial charge >= 0.3 is 0 Å². The number of ether oxygens (including phenoxy) is 1. The molecule has 19 heavy (non-hydrogen) atoms. The van der Waals surface area contributed by atoms with Gasteiger partial charge in [-0.15, -0.1) is 0 Å². The van der Waals surface area contributed by atoms with Crippen LogP contribution in [0.4, 0.5) is 0 Å². The van der Waals surface area contributed by atoms with Gasteiger partial charge in [-0.1, -0.05) is 0 Å². The molecule has 0 spiro atoms. The first-order chi connectivity index (χ1) is 9.09. The minimum atomic E-state index is -0.00729. The molecular formula is C14H27N3O2. The summed E-state index contributed by atoms with van der Waals surface area (Å²) in [7, 11) is 0. The molecule has 0 bridgehead atoms. The number of likely N-dealkylation sites (tertiary alicyclic amines) is 1. The van der Waals surface area contributed by atoms with Crippen LogP contribution in [0.5, 0.6) is 0 Å². The molecule has 0 saturated carbocycles. The molecule has 0 aliphatic carbocycles. The molecule has 2 unspecified atom stereocenters. The Kier molecular flexibility index (Phi) is 5.19. The zero-order chi connectivity index (χ0) is 13.8. The van der Waals surface area contributed by atoms with Gasteiger partial charge in [0.15, 0.2) is 0 Å². The van der Waals surface area contributed by atoms with Crippen LogP contribution in [-0.4, -0.2) is 67.2 Å². The molecule has 0 aromatic carbocycles. The molecular weight excluding hydrogens is 242 g/mol. The van der Waals surface area contributed by atoms with E-state index in [4.69, 9.17) is 10.5 Å². The summed E-state index contributed by atoms with van der Waals surface area (Å²) in [6.07, 6.45) is 2.22. The van der Waals surface area contributed by atoms with Crippen LogP contribution in [0.1, 0.15) is 26.7 Å². The van der Waals surface area contributed by atoms with Crippen molar-refractivity contribution in [3.8, 4) is 0 Å². The number of rotatable bonds is 3. The Balaban J connectivity index is 1.83. The van der Waals surface area contributed by atoms with Crippen LogP contribution >= 0.6 is 0 Å². The van der Waals surface area contributed by atoms with E-state index in [1.165, 1.54) is 0 Å². The number of nitrogens with two attached hydrogens (primary N) is 1. The van der Waals surface area contributed by atoms with Gasteiger partial charge in [0.1, 0.15) is 0 Å². The van der Waals surface area contributed by atoms with Crippen LogP contribution in [0.3, 0.4) is 0 Å². The van der Waals surface area contributed by atoms with Gasteiger partial charge in [-0.3, -0.25) is 9.69 Å². The van der Waals surface area contributed by atoms with Crippen molar-refractivity contribution in [1.82, 2.24) is 9.80 Å². The fraction of sp³-hybridized carbons (Fsp3) is 0.929. The van der Waals surface area contributed by atoms with Gasteiger partial charge in [-0.05, 0) is 45.7 Å². The lowest BCUT2D eigenvalue weighted by molar-refractivity contribution is -0.141. The van der Waals surface area contributed by atoms with E-state index in [0.29, 0.717) is 19.1 Å². The summed E-state index contributed by atoms with van der Waals surface area (Å²) in [4.78, 5) is 16.7. The summed E-state index contributed by atoms with van der Waals surface area (Å²) in [5.41, 5.74) is 5.96. The van der Waals surface area contributed by atoms with E-state index in [2.05, 4.69) is 11.8 Å². The van der Waals surface area contributed by atoms with E-state index in [1.54, 1.807) is 0 Å². The maximum atomic E-state index is 12.4. The average Bonchev–Trinajstić information content (AvgIpc) is 2.46. The van der Waals surface area contributed by atoms with Gasteiger partial charge in [0.05, 0.1) is 19.3 Å². The monoisotopic (exact) mass is 269 g/mol. The first-order valence-corrected chi connectivity index (χ1v) is 7.45. The lowest BCUT2D eigenvalue weighted by Crippen LogP contribution is -2.53. The Hall–Kier alpha value is -0.650. The van der Waals surface area contributed by atoms with Crippen molar-refractivity contribution in [2.24, 2.45) is 11.7 Å². The maximum Gasteiger partial charge on any atom is 0.239 e. The predicted octanol–water partition coefficient (Wildman–Crippen LogP) is 0.293. The zero-order valence-electron chi connectivity index (χ0n) is 12.2. The average molecular weight is 269 g/mol. The second-order valence-electron chi connectivity index (χ2n) is 5.85. The number of hydrogen-bond donors (Lipinski definition) is 1. The summed E-state index contributed by atoms with van der Waals surface area (Å²) >= 11 is 0. The highest BCUT2D eigenvalue weighted by Gasteiger charge is 2.30. The summed E-state index contributed by atoms with van der Waals surface area (Å²) in [5, 5.41) is 0. The third-order valence-electron chi connectivity index (χ3n) is 4.55. The van der Waals surface area contributed by atoms with Crippen LogP contribution in [0.25, 0.3) is 0 Å². The van der Waals surface area contributed by atoms with Gasteiger partial charge in [-0.25, -0.2) is 0 Å². The summed E-state index contributed by atoms with van der Waals surface area (Å²) in [6, 6.07) is 0.263. The van der Waals surface area contributed by atoms with Crippen LogP contribution < -0.4 is 5.73 Å². The Morgan fingerprint density at radius 3 is 2.26 bits per heavy atom. The number of carbonyl (C=O) groups excluding carboxylic acids is 1. The molecule has 1 amide bonds. The lowest BCUT2D eigenvalue weighted by atomic mass is 9.90. The largest absolute Gasteiger partial charge is 0.378 e. The molecule has 2 aliphatic rings. The second kappa shape index (κ2) is 6.68. The molecule has 110 valence electrons. The van der Waals surface area contributed by atoms with Gasteiger partial charge in [-0.2, -0.15) is 0 Å². The Morgan fingerprint density at radius 1 is 1.16 bits per heavy atom. The number of morpholine rings is 1. The van der Waals surface area contributed by atoms with Crippen molar-refractivity contribution in [2.45, 2.75) is 38.8 Å². The Bertz CT molecular complexity index is 295. The first-order valence-electron chi connectivity index (χ1n) is 7.45. The summed E-state index contributed by atoms with van der Waals surface area (Å²) < 4.78 is 5.29. The van der Waals surface area contributed by atoms with E-state index >= 15 is 0 Å². The molecule has 0 radical (unpaired) electrons. The molecule has 5 nitrogen and oxygen atoms in total. The number of carbonyl (C=O) groups is 1. The molecule has 2 atom stereocenters. The lowest BCUT2D eigenvalue weighted by Gasteiger charge is -2.39. The van der Waals surface area contributed by atoms with E-state index in [-0.39, 0.29) is 18.0 Å². The van der Waals surface area contributed by atoms with Crippen molar-refractivity contribution in [3.63, 3.8) is 0 Å². The maximum absolute atomic E-state index is 12.4. The van der Waals surface area contributed by atoms with E-state index in [0.717, 1.165) is 39.0 Å². The SMILES string of the molecule is CC(N)C1CCN(C(C)C(=O)N2CCOCC2)CC1. The number of nitrogens with zero attached hydrogens (tertiary/aromatic N) is 2. The zero-order valence-corrected chi connectivity index (χ0v) is 12.2. The predicted molar refractivity (Wildman–Crippen MR) is 74.8 cm³/mol. The highest BCUT2D eigenvalue weighted by Crippen LogP contribution is 2.21. The fourth-order valence-corrected chi connectivity index (χ4v) is 3.04. The minimum Gasteiger partial charge on any atom is -0.378 e. The molecule has 0 aromatic rings. The van der Waals surface area contributed by atoms with Gasteiger partial charge < -0.3 is 15.4 Å². The number of hydrogen-bond acceptors (Lipinski definition) is 4. The standard InChI is InChI=1S/C14H27N3O2/c1-11(15)13-3-5-16(6-4-13)12(2)14(18)17-7-9-19-10-8-17/h11-13H,3-10,15H2,1-2H3. The van der Waals surface area contributed by atoms with Crippen LogP contribution in [-0.2, 0) is 9.53 Å². The fourth-order valence-electron chi connectivity index (χ4n) is 3.04. The van der Waals surface area contributed by atoms with Crippen molar-refractivity contribution >= 4 is 5.91 Å². The van der Waals surface area contributed by atoms with E-state index < -0.39 is 0 Å². The van der Waals surface area contributed by atoms with E-state index in [9.17, 15) is 4.79 Å². The molecule has 2 fully saturated rings. The third kappa shape index (κ3) is 3.68. The second-order valence-corrected chi connectivity index (χ2v) is 5.85. The topological polar surface area (TPSA) is 58.8 Å². The normalized spacial score (nSPS) is 26.2. The highest BCUT2D eigenvalue weighted by molar-refractivity contribution is 5.81. The molecule has 0 aromatic heterocycles. The Morgan fingerprint density at radius 2 is 1.74 bits per heavy atom. The van der Waals surface area contributed by atoms with Crippen LogP contribution in [0.15, 0.2) is 0 Å². The van der Waals surface area contributed by atoms with Crippen LogP contribution in [0.2, 0.25) is 0 Å².